The first-order valence-electron chi connectivity index (χ1n) is 11.8. The second kappa shape index (κ2) is 8.79. The van der Waals surface area contributed by atoms with Gasteiger partial charge in [-0.05, 0) is 55.6 Å². The van der Waals surface area contributed by atoms with Gasteiger partial charge >= 0.3 is 0 Å². The van der Waals surface area contributed by atoms with Gasteiger partial charge in [0.05, 0.1) is 16.9 Å². The number of piperidine rings is 1. The van der Waals surface area contributed by atoms with Gasteiger partial charge in [0, 0.05) is 54.7 Å². The molecule has 0 spiro atoms. The zero-order valence-corrected chi connectivity index (χ0v) is 19.7. The van der Waals surface area contributed by atoms with E-state index in [0.29, 0.717) is 24.7 Å². The van der Waals surface area contributed by atoms with Crippen LogP contribution in [-0.2, 0) is 13.1 Å². The summed E-state index contributed by atoms with van der Waals surface area (Å²) in [7, 11) is 0. The van der Waals surface area contributed by atoms with Crippen LogP contribution < -0.4 is 16.2 Å². The van der Waals surface area contributed by atoms with Crippen LogP contribution >= 0.6 is 11.8 Å². The van der Waals surface area contributed by atoms with Crippen LogP contribution in [0, 0.1) is 5.82 Å². The number of benzene rings is 1. The molecule has 2 N–H and O–H groups in total. The van der Waals surface area contributed by atoms with Crippen molar-refractivity contribution in [2.75, 3.05) is 30.7 Å². The van der Waals surface area contributed by atoms with E-state index in [1.54, 1.807) is 34.5 Å². The molecule has 3 aliphatic heterocycles. The van der Waals surface area contributed by atoms with Crippen LogP contribution in [0.3, 0.4) is 0 Å². The molecule has 9 heteroatoms. The lowest BCUT2D eigenvalue weighted by Crippen LogP contribution is -2.43. The van der Waals surface area contributed by atoms with Gasteiger partial charge in [0.2, 0.25) is 0 Å². The van der Waals surface area contributed by atoms with Crippen LogP contribution in [0.4, 0.5) is 10.1 Å². The highest BCUT2D eigenvalue weighted by Crippen LogP contribution is 2.36. The molecule has 6 rings (SSSR count). The Morgan fingerprint density at radius 2 is 2.03 bits per heavy atom. The van der Waals surface area contributed by atoms with Crippen molar-refractivity contribution in [2.45, 2.75) is 42.9 Å². The van der Waals surface area contributed by atoms with E-state index in [9.17, 15) is 9.18 Å². The van der Waals surface area contributed by atoms with E-state index < -0.39 is 0 Å². The van der Waals surface area contributed by atoms with Crippen LogP contribution in [0.1, 0.15) is 30.0 Å². The van der Waals surface area contributed by atoms with E-state index in [1.165, 1.54) is 6.07 Å². The fourth-order valence-electron chi connectivity index (χ4n) is 5.39. The number of aromatic nitrogens is 3. The average Bonchev–Trinajstić information content (AvgIpc) is 3.23. The maximum Gasteiger partial charge on any atom is 0.251 e. The molecular formula is C25H27FN6OS. The first-order chi connectivity index (χ1) is 16.5. The van der Waals surface area contributed by atoms with E-state index in [1.807, 2.05) is 0 Å². The summed E-state index contributed by atoms with van der Waals surface area (Å²) in [5.74, 6) is 0.631. The van der Waals surface area contributed by atoms with Crippen LogP contribution in [0.15, 0.2) is 52.4 Å². The SMILES string of the molecule is C=C1CSc2nnc(CNC3CCN(CC4Cn5c(=O)ccc6ccc(F)c4c65)CC3)cc2N1. The second-order valence-corrected chi connectivity index (χ2v) is 10.4. The molecule has 0 aliphatic carbocycles. The monoisotopic (exact) mass is 478 g/mol. The first-order valence-corrected chi connectivity index (χ1v) is 12.8. The molecule has 1 atom stereocenters. The van der Waals surface area contributed by atoms with Crippen LogP contribution in [0.2, 0.25) is 0 Å². The summed E-state index contributed by atoms with van der Waals surface area (Å²) in [6, 6.07) is 9.15. The molecule has 0 radical (unpaired) electrons. The van der Waals surface area contributed by atoms with Crippen molar-refractivity contribution in [3.8, 4) is 0 Å². The summed E-state index contributed by atoms with van der Waals surface area (Å²) in [5.41, 5.74) is 4.33. The fraction of sp³-hybridized carbons (Fsp3) is 0.400. The van der Waals surface area contributed by atoms with Crippen molar-refractivity contribution in [3.05, 3.63) is 70.0 Å². The smallest absolute Gasteiger partial charge is 0.251 e. The maximum atomic E-state index is 14.8. The standard InChI is InChI=1S/C25H27FN6OS/c1-15-14-34-25-21(28-15)10-19(29-30-25)11-27-18-6-8-31(9-7-18)12-17-13-32-22(33)5-3-16-2-4-20(26)23(17)24(16)32/h2-5,10,17-18,27-28H,1,6-9,11-14H2. The van der Waals surface area contributed by atoms with Crippen molar-refractivity contribution in [3.63, 3.8) is 0 Å². The van der Waals surface area contributed by atoms with E-state index in [2.05, 4.69) is 38.4 Å². The number of pyridine rings is 1. The Morgan fingerprint density at radius 1 is 1.21 bits per heavy atom. The van der Waals surface area contributed by atoms with E-state index in [-0.39, 0.29) is 17.3 Å². The minimum Gasteiger partial charge on any atom is -0.356 e. The first kappa shape index (κ1) is 21.8. The van der Waals surface area contributed by atoms with Crippen LogP contribution in [0.5, 0.6) is 0 Å². The Bertz CT molecular complexity index is 1330. The van der Waals surface area contributed by atoms with Gasteiger partial charge in [0.25, 0.3) is 5.56 Å². The normalized spacial score (nSPS) is 20.5. The van der Waals surface area contributed by atoms with E-state index >= 15 is 0 Å². The number of fused-ring (bicyclic) bond motifs is 1. The Balaban J connectivity index is 1.06. The van der Waals surface area contributed by atoms with E-state index in [0.717, 1.165) is 71.2 Å². The summed E-state index contributed by atoms with van der Waals surface area (Å²) in [6.07, 6.45) is 2.05. The summed E-state index contributed by atoms with van der Waals surface area (Å²) in [4.78, 5) is 14.8. The largest absolute Gasteiger partial charge is 0.356 e. The molecule has 0 saturated carbocycles. The summed E-state index contributed by atoms with van der Waals surface area (Å²) >= 11 is 1.66. The topological polar surface area (TPSA) is 75.1 Å². The van der Waals surface area contributed by atoms with Gasteiger partial charge in [0.1, 0.15) is 10.8 Å². The zero-order valence-electron chi connectivity index (χ0n) is 18.9. The van der Waals surface area contributed by atoms with Crippen LogP contribution in [-0.4, -0.2) is 51.1 Å². The molecule has 2 aromatic heterocycles. The number of anilines is 1. The van der Waals surface area contributed by atoms with Crippen molar-refractivity contribution in [1.29, 1.82) is 0 Å². The minimum absolute atomic E-state index is 0.00852. The number of hydrogen-bond donors (Lipinski definition) is 2. The third-order valence-electron chi connectivity index (χ3n) is 7.09. The Labute approximate surface area is 201 Å². The van der Waals surface area contributed by atoms with Gasteiger partial charge in [0.15, 0.2) is 0 Å². The quantitative estimate of drug-likeness (QED) is 0.583. The molecule has 3 aromatic rings. The number of nitrogens with zero attached hydrogens (tertiary/aromatic N) is 4. The van der Waals surface area contributed by atoms with Gasteiger partial charge in [-0.3, -0.25) is 4.79 Å². The molecule has 1 saturated heterocycles. The van der Waals surface area contributed by atoms with Gasteiger partial charge in [-0.2, -0.15) is 5.10 Å². The molecule has 5 heterocycles. The molecular weight excluding hydrogens is 451 g/mol. The van der Waals surface area contributed by atoms with Gasteiger partial charge in [-0.1, -0.05) is 18.3 Å². The van der Waals surface area contributed by atoms with Crippen molar-refractivity contribution in [1.82, 2.24) is 25.0 Å². The molecule has 1 aromatic carbocycles. The molecule has 3 aliphatic rings. The molecule has 0 amide bonds. The van der Waals surface area contributed by atoms with Gasteiger partial charge in [-0.15, -0.1) is 5.10 Å². The van der Waals surface area contributed by atoms with Gasteiger partial charge < -0.3 is 20.1 Å². The third-order valence-corrected chi connectivity index (χ3v) is 8.16. The number of hydrogen-bond acceptors (Lipinski definition) is 7. The lowest BCUT2D eigenvalue weighted by atomic mass is 9.97. The maximum absolute atomic E-state index is 14.8. The molecule has 1 unspecified atom stereocenters. The highest BCUT2D eigenvalue weighted by Gasteiger charge is 2.31. The Hall–Kier alpha value is -2.75. The average molecular weight is 479 g/mol. The third kappa shape index (κ3) is 4.01. The predicted octanol–water partition coefficient (Wildman–Crippen LogP) is 3.31. The molecule has 1 fully saturated rings. The summed E-state index contributed by atoms with van der Waals surface area (Å²) < 4.78 is 16.5. The van der Waals surface area contributed by atoms with Crippen molar-refractivity contribution < 1.29 is 4.39 Å². The van der Waals surface area contributed by atoms with E-state index in [4.69, 9.17) is 0 Å². The summed E-state index contributed by atoms with van der Waals surface area (Å²) in [6.45, 7) is 7.90. The molecule has 7 nitrogen and oxygen atoms in total. The number of thioether (sulfide) groups is 1. The highest BCUT2D eigenvalue weighted by molar-refractivity contribution is 7.99. The molecule has 0 bridgehead atoms. The Morgan fingerprint density at radius 3 is 2.88 bits per heavy atom. The second-order valence-electron chi connectivity index (χ2n) is 9.41. The molecule has 34 heavy (non-hydrogen) atoms. The molecule has 176 valence electrons. The predicted molar refractivity (Wildman–Crippen MR) is 133 cm³/mol. The minimum atomic E-state index is -0.200. The van der Waals surface area contributed by atoms with Crippen molar-refractivity contribution in [2.24, 2.45) is 0 Å². The lowest BCUT2D eigenvalue weighted by molar-refractivity contribution is 0.184. The summed E-state index contributed by atoms with van der Waals surface area (Å²) in [5, 5.41) is 17.5. The number of halogens is 1. The van der Waals surface area contributed by atoms with Gasteiger partial charge in [-0.25, -0.2) is 4.39 Å². The Kier molecular flexibility index (Phi) is 5.63. The van der Waals surface area contributed by atoms with Crippen LogP contribution in [0.25, 0.3) is 10.9 Å². The van der Waals surface area contributed by atoms with Crippen molar-refractivity contribution >= 4 is 28.4 Å². The number of likely N-dealkylation sites (tertiary alicyclic amines) is 1. The number of nitrogens with one attached hydrogen (secondary N) is 2. The highest BCUT2D eigenvalue weighted by atomic mass is 32.2. The fourth-order valence-corrected chi connectivity index (χ4v) is 6.14. The lowest BCUT2D eigenvalue weighted by Gasteiger charge is -2.34. The number of rotatable bonds is 5. The zero-order chi connectivity index (χ0) is 23.2.